The summed E-state index contributed by atoms with van der Waals surface area (Å²) in [6.45, 7) is 4.92. The minimum absolute atomic E-state index is 0.00850. The molecule has 0 saturated carbocycles. The fourth-order valence-corrected chi connectivity index (χ4v) is 10.6. The van der Waals surface area contributed by atoms with Gasteiger partial charge in [-0.15, -0.1) is 0 Å². The van der Waals surface area contributed by atoms with Gasteiger partial charge in [-0.05, 0) is 83.5 Å². The van der Waals surface area contributed by atoms with Gasteiger partial charge in [0.1, 0.15) is 0 Å². The van der Waals surface area contributed by atoms with Crippen LogP contribution in [0.3, 0.4) is 0 Å². The maximum absolute atomic E-state index is 12.5. The van der Waals surface area contributed by atoms with Crippen molar-refractivity contribution >= 4 is 11.9 Å². The maximum atomic E-state index is 12.5. The third kappa shape index (κ3) is 61.3. The molecule has 0 aliphatic heterocycles. The molecule has 0 heterocycles. The summed E-state index contributed by atoms with van der Waals surface area (Å²) < 4.78 is 5.50. The fraction of sp³-hybridized carbons (Fsp3) is 0.886. The predicted molar refractivity (Wildman–Crippen MR) is 333 cm³/mol. The van der Waals surface area contributed by atoms with E-state index in [1.54, 1.807) is 6.08 Å². The average Bonchev–Trinajstić information content (AvgIpc) is 3.42. The Balaban J connectivity index is 3.42. The highest BCUT2D eigenvalue weighted by Gasteiger charge is 2.18. The molecule has 0 aromatic carbocycles. The number of aliphatic hydroxyl groups is 2. The van der Waals surface area contributed by atoms with Gasteiger partial charge in [-0.3, -0.25) is 9.59 Å². The monoisotopic (exact) mass is 1070 g/mol. The maximum Gasteiger partial charge on any atom is 0.305 e. The largest absolute Gasteiger partial charge is 0.466 e. The number of ether oxygens (including phenoxy) is 1. The minimum atomic E-state index is -0.849. The van der Waals surface area contributed by atoms with Crippen LogP contribution in [0.5, 0.6) is 0 Å². The first-order valence-electron chi connectivity index (χ1n) is 34.3. The van der Waals surface area contributed by atoms with E-state index in [-0.39, 0.29) is 18.5 Å². The molecule has 0 radical (unpaired) electrons. The van der Waals surface area contributed by atoms with Gasteiger partial charge in [-0.2, -0.15) is 0 Å². The van der Waals surface area contributed by atoms with Gasteiger partial charge in [-0.25, -0.2) is 0 Å². The Labute approximate surface area is 474 Å². The van der Waals surface area contributed by atoms with Crippen molar-refractivity contribution in [3.63, 3.8) is 0 Å². The van der Waals surface area contributed by atoms with Gasteiger partial charge >= 0.3 is 5.97 Å². The normalized spacial score (nSPS) is 12.7. The number of hydrogen-bond acceptors (Lipinski definition) is 5. The number of carbonyl (C=O) groups excluding carboxylic acids is 2. The van der Waals surface area contributed by atoms with E-state index in [0.29, 0.717) is 19.4 Å². The molecule has 0 spiro atoms. The van der Waals surface area contributed by atoms with Gasteiger partial charge in [-0.1, -0.05) is 314 Å². The topological polar surface area (TPSA) is 95.9 Å². The van der Waals surface area contributed by atoms with E-state index in [9.17, 15) is 19.8 Å². The molecule has 0 aromatic heterocycles. The van der Waals surface area contributed by atoms with E-state index >= 15 is 0 Å². The molecule has 76 heavy (non-hydrogen) atoms. The van der Waals surface area contributed by atoms with E-state index in [2.05, 4.69) is 43.5 Å². The van der Waals surface area contributed by atoms with Gasteiger partial charge in [0.2, 0.25) is 5.91 Å². The van der Waals surface area contributed by atoms with Gasteiger partial charge in [0, 0.05) is 12.8 Å². The van der Waals surface area contributed by atoms with Crippen LogP contribution >= 0.6 is 0 Å². The SMILES string of the molecule is CCCCCCCCC/C=C\CCCCCCCCCC(=O)OCCCCCCCCCCCCCC/C=C\CCCCCCCCCC(=O)NC(CO)C(O)/C=C/CCCCCCCCCCCCCCCCCC. The van der Waals surface area contributed by atoms with Crippen LogP contribution in [-0.2, 0) is 14.3 Å². The molecule has 0 aromatic rings. The lowest BCUT2D eigenvalue weighted by molar-refractivity contribution is -0.143. The first-order valence-corrected chi connectivity index (χ1v) is 34.3. The number of hydrogen-bond donors (Lipinski definition) is 3. The zero-order chi connectivity index (χ0) is 55.0. The molecule has 0 aliphatic rings. The molecular weight excluding hydrogens is 935 g/mol. The number of nitrogens with one attached hydrogen (secondary N) is 1. The smallest absolute Gasteiger partial charge is 0.305 e. The van der Waals surface area contributed by atoms with Crippen molar-refractivity contribution in [2.24, 2.45) is 0 Å². The third-order valence-electron chi connectivity index (χ3n) is 15.9. The van der Waals surface area contributed by atoms with E-state index in [1.807, 2.05) is 6.08 Å². The predicted octanol–water partition coefficient (Wildman–Crippen LogP) is 21.9. The van der Waals surface area contributed by atoms with Crippen LogP contribution in [0.2, 0.25) is 0 Å². The number of unbranched alkanes of at least 4 members (excludes halogenated alkanes) is 49. The second-order valence-electron chi connectivity index (χ2n) is 23.5. The van der Waals surface area contributed by atoms with Crippen molar-refractivity contribution in [1.29, 1.82) is 0 Å². The molecule has 448 valence electrons. The molecule has 0 aliphatic carbocycles. The van der Waals surface area contributed by atoms with Crippen LogP contribution < -0.4 is 5.32 Å². The summed E-state index contributed by atoms with van der Waals surface area (Å²) in [5, 5.41) is 23.2. The molecule has 6 heteroatoms. The molecule has 0 fully saturated rings. The molecule has 3 N–H and O–H groups in total. The van der Waals surface area contributed by atoms with Crippen molar-refractivity contribution in [2.75, 3.05) is 13.2 Å². The second kappa shape index (κ2) is 65.6. The molecule has 2 unspecified atom stereocenters. The number of amides is 1. The first-order chi connectivity index (χ1) is 37.5. The Morgan fingerprint density at radius 1 is 0.355 bits per heavy atom. The fourth-order valence-electron chi connectivity index (χ4n) is 10.6. The molecule has 0 bridgehead atoms. The number of esters is 1. The molecule has 6 nitrogen and oxygen atoms in total. The van der Waals surface area contributed by atoms with Gasteiger partial charge < -0.3 is 20.3 Å². The zero-order valence-corrected chi connectivity index (χ0v) is 51.3. The summed E-state index contributed by atoms with van der Waals surface area (Å²) in [7, 11) is 0. The second-order valence-corrected chi connectivity index (χ2v) is 23.5. The highest BCUT2D eigenvalue weighted by molar-refractivity contribution is 5.76. The summed E-state index contributed by atoms with van der Waals surface area (Å²) in [6, 6.07) is -0.633. The van der Waals surface area contributed by atoms with E-state index in [4.69, 9.17) is 4.74 Å². The van der Waals surface area contributed by atoms with Gasteiger partial charge in [0.05, 0.1) is 25.4 Å². The van der Waals surface area contributed by atoms with Crippen molar-refractivity contribution in [3.05, 3.63) is 36.5 Å². The van der Waals surface area contributed by atoms with Crippen LogP contribution in [0.1, 0.15) is 373 Å². The van der Waals surface area contributed by atoms with Crippen molar-refractivity contribution in [3.8, 4) is 0 Å². The van der Waals surface area contributed by atoms with Crippen LogP contribution in [0.15, 0.2) is 36.5 Å². The highest BCUT2D eigenvalue weighted by atomic mass is 16.5. The van der Waals surface area contributed by atoms with Gasteiger partial charge in [0.15, 0.2) is 0 Å². The summed E-state index contributed by atoms with van der Waals surface area (Å²) in [5.74, 6) is -0.0633. The first kappa shape index (κ1) is 74.1. The number of rotatable bonds is 64. The van der Waals surface area contributed by atoms with Crippen LogP contribution in [0.4, 0.5) is 0 Å². The van der Waals surface area contributed by atoms with Crippen molar-refractivity contribution in [1.82, 2.24) is 5.32 Å². The van der Waals surface area contributed by atoms with E-state index < -0.39 is 12.1 Å². The Morgan fingerprint density at radius 3 is 0.934 bits per heavy atom. The molecule has 0 saturated heterocycles. The summed E-state index contributed by atoms with van der Waals surface area (Å²) >= 11 is 0. The van der Waals surface area contributed by atoms with Crippen molar-refractivity contribution in [2.45, 2.75) is 386 Å². The molecule has 0 rings (SSSR count). The summed E-state index contributed by atoms with van der Waals surface area (Å²) in [4.78, 5) is 24.6. The third-order valence-corrected chi connectivity index (χ3v) is 15.9. The lowest BCUT2D eigenvalue weighted by atomic mass is 10.0. The molecule has 2 atom stereocenters. The number of aliphatic hydroxyl groups excluding tert-OH is 2. The Hall–Kier alpha value is -1.92. The quantitative estimate of drug-likeness (QED) is 0.0320. The standard InChI is InChI=1S/C70H133NO5/c1-3-5-7-9-11-13-15-17-19-21-30-34-38-42-46-50-54-58-62-68(73)67(66-72)71-69(74)63-59-55-51-47-43-39-35-31-28-26-24-23-25-27-29-33-37-41-45-49-53-57-61-65-76-70(75)64-60-56-52-48-44-40-36-32-22-20-18-16-14-12-10-8-6-4-2/h20,22,26,28,58,62,67-68,72-73H,3-19,21,23-25,27,29-57,59-61,63-66H2,1-2H3,(H,71,74)/b22-20-,28-26-,62-58+. The van der Waals surface area contributed by atoms with Crippen molar-refractivity contribution < 1.29 is 24.5 Å². The lowest BCUT2D eigenvalue weighted by Gasteiger charge is -2.20. The number of carbonyl (C=O) groups is 2. The Bertz CT molecular complexity index is 1230. The lowest BCUT2D eigenvalue weighted by Crippen LogP contribution is -2.45. The zero-order valence-electron chi connectivity index (χ0n) is 51.3. The highest BCUT2D eigenvalue weighted by Crippen LogP contribution is 2.18. The Morgan fingerprint density at radius 2 is 0.618 bits per heavy atom. The number of allylic oxidation sites excluding steroid dienone is 5. The van der Waals surface area contributed by atoms with Crippen LogP contribution in [-0.4, -0.2) is 47.4 Å². The average molecular weight is 1070 g/mol. The van der Waals surface area contributed by atoms with E-state index in [0.717, 1.165) is 51.4 Å². The molecular formula is C70H133NO5. The van der Waals surface area contributed by atoms with E-state index in [1.165, 1.54) is 295 Å². The van der Waals surface area contributed by atoms with Crippen LogP contribution in [0.25, 0.3) is 0 Å². The Kier molecular flexibility index (Phi) is 63.9. The summed E-state index contributed by atoms with van der Waals surface area (Å²) in [6.07, 6.45) is 83.5. The summed E-state index contributed by atoms with van der Waals surface area (Å²) in [5.41, 5.74) is 0. The molecule has 1 amide bonds. The van der Waals surface area contributed by atoms with Gasteiger partial charge in [0.25, 0.3) is 0 Å². The minimum Gasteiger partial charge on any atom is -0.466 e. The van der Waals surface area contributed by atoms with Crippen LogP contribution in [0, 0.1) is 0 Å².